The molecule has 1 aromatic heterocycles. The third-order valence-electron chi connectivity index (χ3n) is 3.38. The van der Waals surface area contributed by atoms with E-state index in [0.717, 1.165) is 24.3 Å². The first-order chi connectivity index (χ1) is 9.65. The van der Waals surface area contributed by atoms with Crippen LogP contribution in [0.4, 0.5) is 17.3 Å². The summed E-state index contributed by atoms with van der Waals surface area (Å²) in [6, 6.07) is 0. The van der Waals surface area contributed by atoms with Crippen molar-refractivity contribution in [2.24, 2.45) is 0 Å². The first kappa shape index (κ1) is 13.9. The Morgan fingerprint density at radius 2 is 2.45 bits per heavy atom. The number of nitrogens with zero attached hydrogens (tertiary/aromatic N) is 3. The van der Waals surface area contributed by atoms with Gasteiger partial charge in [-0.15, -0.1) is 0 Å². The van der Waals surface area contributed by atoms with Crippen LogP contribution in [0.25, 0.3) is 0 Å². The molecule has 0 amide bonds. The van der Waals surface area contributed by atoms with Gasteiger partial charge in [-0.25, -0.2) is 9.97 Å². The molecule has 1 unspecified atom stereocenters. The highest BCUT2D eigenvalue weighted by Gasteiger charge is 2.35. The molecule has 1 saturated heterocycles. The maximum atomic E-state index is 10.9. The smallest absolute Gasteiger partial charge is 0.243 e. The van der Waals surface area contributed by atoms with Gasteiger partial charge in [-0.3, -0.25) is 4.57 Å². The Morgan fingerprint density at radius 1 is 1.60 bits per heavy atom. The molecule has 20 heavy (non-hydrogen) atoms. The van der Waals surface area contributed by atoms with Gasteiger partial charge in [0.15, 0.2) is 11.6 Å². The van der Waals surface area contributed by atoms with Gasteiger partial charge in [0.1, 0.15) is 18.2 Å². The maximum Gasteiger partial charge on any atom is 0.243 e. The second-order valence-corrected chi connectivity index (χ2v) is 6.55. The van der Waals surface area contributed by atoms with Gasteiger partial charge in [-0.1, -0.05) is 12.2 Å². The summed E-state index contributed by atoms with van der Waals surface area (Å²) in [7, 11) is -2.21. The van der Waals surface area contributed by atoms with Crippen molar-refractivity contribution in [3.8, 4) is 0 Å². The highest BCUT2D eigenvalue weighted by molar-refractivity contribution is 8.39. The summed E-state index contributed by atoms with van der Waals surface area (Å²) in [6.45, 7) is 0.886. The van der Waals surface area contributed by atoms with Crippen molar-refractivity contribution >= 4 is 36.8 Å². The minimum absolute atomic E-state index is 0.0654. The van der Waals surface area contributed by atoms with Crippen LogP contribution in [0.15, 0.2) is 6.33 Å². The fourth-order valence-electron chi connectivity index (χ4n) is 2.46. The molecule has 110 valence electrons. The molecule has 3 N–H and O–H groups in total. The molecule has 3 rings (SSSR count). The van der Waals surface area contributed by atoms with Crippen molar-refractivity contribution in [2.45, 2.75) is 25.2 Å². The van der Waals surface area contributed by atoms with E-state index in [1.807, 2.05) is 4.90 Å². The SMILES string of the molecule is Nc1ncnc2c1NCN2[C@H]1CC[C@@H](CO[PH](=O)S)O1. The summed E-state index contributed by atoms with van der Waals surface area (Å²) in [5.41, 5.74) is 6.55. The van der Waals surface area contributed by atoms with Gasteiger partial charge in [-0.2, -0.15) is 0 Å². The number of hydrogen-bond acceptors (Lipinski definition) is 8. The third-order valence-corrected chi connectivity index (χ3v) is 4.18. The molecule has 1 aromatic rings. The average molecular weight is 317 g/mol. The zero-order valence-corrected chi connectivity index (χ0v) is 12.5. The van der Waals surface area contributed by atoms with Crippen LogP contribution in [0.5, 0.6) is 0 Å². The Morgan fingerprint density at radius 3 is 3.25 bits per heavy atom. The van der Waals surface area contributed by atoms with E-state index >= 15 is 0 Å². The number of ether oxygens (including phenoxy) is 1. The number of nitrogen functional groups attached to an aromatic ring is 1. The molecule has 8 nitrogen and oxygen atoms in total. The van der Waals surface area contributed by atoms with Gasteiger partial charge in [0.05, 0.1) is 19.4 Å². The van der Waals surface area contributed by atoms with Crippen LogP contribution in [-0.4, -0.2) is 35.6 Å². The lowest BCUT2D eigenvalue weighted by molar-refractivity contribution is 0.0199. The second kappa shape index (κ2) is 5.77. The first-order valence-corrected chi connectivity index (χ1v) is 8.88. The quantitative estimate of drug-likeness (QED) is 0.560. The second-order valence-electron chi connectivity index (χ2n) is 4.63. The van der Waals surface area contributed by atoms with E-state index in [0.29, 0.717) is 19.1 Å². The van der Waals surface area contributed by atoms with E-state index < -0.39 is 7.23 Å². The van der Waals surface area contributed by atoms with Crippen LogP contribution in [-0.2, 0) is 13.8 Å². The van der Waals surface area contributed by atoms with E-state index in [1.54, 1.807) is 0 Å². The van der Waals surface area contributed by atoms with Crippen molar-refractivity contribution in [1.29, 1.82) is 0 Å². The summed E-state index contributed by atoms with van der Waals surface area (Å²) in [5, 5.41) is 3.17. The van der Waals surface area contributed by atoms with E-state index in [2.05, 4.69) is 27.5 Å². The normalized spacial score (nSPS) is 26.4. The Labute approximate surface area is 122 Å². The molecule has 0 spiro atoms. The standard InChI is InChI=1S/C10H16N5O3PS/c11-9-8-10(13-4-12-9)15(5-14-8)7-2-1-6(18-7)3-17-19(16)20/h4,6-7,14,19H,1-3,5H2,(H,16,20)(H2,11,12,13)/t6-,7+/m0/s1. The topological polar surface area (TPSA) is 103 Å². The summed E-state index contributed by atoms with van der Waals surface area (Å²) in [5.74, 6) is 1.19. The lowest BCUT2D eigenvalue weighted by Gasteiger charge is -2.24. The molecule has 0 radical (unpaired) electrons. The van der Waals surface area contributed by atoms with Crippen LogP contribution in [0, 0.1) is 0 Å². The number of hydrogen-bond donors (Lipinski definition) is 3. The van der Waals surface area contributed by atoms with Crippen molar-refractivity contribution in [1.82, 2.24) is 9.97 Å². The zero-order chi connectivity index (χ0) is 14.1. The molecule has 3 heterocycles. The molecule has 0 saturated carbocycles. The molecule has 2 aliphatic heterocycles. The van der Waals surface area contributed by atoms with Crippen LogP contribution >= 0.6 is 19.5 Å². The predicted molar refractivity (Wildman–Crippen MR) is 79.2 cm³/mol. The van der Waals surface area contributed by atoms with Gasteiger partial charge < -0.3 is 25.2 Å². The summed E-state index contributed by atoms with van der Waals surface area (Å²) < 4.78 is 21.8. The van der Waals surface area contributed by atoms with Gasteiger partial charge >= 0.3 is 0 Å². The highest BCUT2D eigenvalue weighted by atomic mass is 32.7. The molecule has 0 bridgehead atoms. The van der Waals surface area contributed by atoms with Crippen LogP contribution in [0.2, 0.25) is 0 Å². The average Bonchev–Trinajstić information content (AvgIpc) is 3.02. The molecular formula is C10H16N5O3PS. The number of anilines is 3. The monoisotopic (exact) mass is 317 g/mol. The third kappa shape index (κ3) is 2.71. The molecule has 0 aromatic carbocycles. The minimum Gasteiger partial charge on any atom is -0.382 e. The van der Waals surface area contributed by atoms with E-state index in [-0.39, 0.29) is 12.3 Å². The van der Waals surface area contributed by atoms with Crippen molar-refractivity contribution in [2.75, 3.05) is 29.2 Å². The Kier molecular flexibility index (Phi) is 4.02. The van der Waals surface area contributed by atoms with Crippen molar-refractivity contribution in [3.63, 3.8) is 0 Å². The number of nitrogens with one attached hydrogen (secondary N) is 1. The molecule has 10 heteroatoms. The molecule has 1 fully saturated rings. The van der Waals surface area contributed by atoms with E-state index in [9.17, 15) is 4.57 Å². The summed E-state index contributed by atoms with van der Waals surface area (Å²) in [6.07, 6.45) is 2.99. The fourth-order valence-corrected chi connectivity index (χ4v) is 3.01. The van der Waals surface area contributed by atoms with Crippen molar-refractivity contribution < 1.29 is 13.8 Å². The van der Waals surface area contributed by atoms with Crippen molar-refractivity contribution in [3.05, 3.63) is 6.33 Å². The van der Waals surface area contributed by atoms with Gasteiger partial charge in [0, 0.05) is 0 Å². The zero-order valence-electron chi connectivity index (χ0n) is 10.7. The van der Waals surface area contributed by atoms with E-state index in [1.165, 1.54) is 6.33 Å². The number of aromatic nitrogens is 2. The van der Waals surface area contributed by atoms with Crippen LogP contribution < -0.4 is 16.0 Å². The highest BCUT2D eigenvalue weighted by Crippen LogP contribution is 2.37. The van der Waals surface area contributed by atoms with Gasteiger partial charge in [0.25, 0.3) is 0 Å². The molecular weight excluding hydrogens is 301 g/mol. The number of nitrogens with two attached hydrogens (primary N) is 1. The number of rotatable bonds is 4. The molecule has 2 aliphatic rings. The minimum atomic E-state index is -2.21. The van der Waals surface area contributed by atoms with Crippen LogP contribution in [0.3, 0.4) is 0 Å². The predicted octanol–water partition coefficient (Wildman–Crippen LogP) is 1.09. The Balaban J connectivity index is 1.65. The van der Waals surface area contributed by atoms with E-state index in [4.69, 9.17) is 15.0 Å². The molecule has 0 aliphatic carbocycles. The van der Waals surface area contributed by atoms with Gasteiger partial charge in [0.2, 0.25) is 7.23 Å². The fraction of sp³-hybridized carbons (Fsp3) is 0.600. The van der Waals surface area contributed by atoms with Crippen LogP contribution in [0.1, 0.15) is 12.8 Å². The Hall–Kier alpha value is -1.02. The maximum absolute atomic E-state index is 10.9. The van der Waals surface area contributed by atoms with Gasteiger partial charge in [-0.05, 0) is 12.8 Å². The number of thiol groups is 1. The summed E-state index contributed by atoms with van der Waals surface area (Å²) in [4.78, 5) is 10.2. The Bertz CT molecular complexity index is 534. The lowest BCUT2D eigenvalue weighted by atomic mass is 10.2. The molecule has 3 atom stereocenters. The largest absolute Gasteiger partial charge is 0.382 e. The summed E-state index contributed by atoms with van der Waals surface area (Å²) >= 11 is 3.75. The first-order valence-electron chi connectivity index (χ1n) is 6.27. The number of fused-ring (bicyclic) bond motifs is 1. The lowest BCUT2D eigenvalue weighted by Crippen LogP contribution is -2.35.